The van der Waals surface area contributed by atoms with Crippen LogP contribution in [0, 0.1) is 6.92 Å². The number of hydrogen-bond acceptors (Lipinski definition) is 4. The predicted octanol–water partition coefficient (Wildman–Crippen LogP) is 4.76. The van der Waals surface area contributed by atoms with Gasteiger partial charge >= 0.3 is 0 Å². The Labute approximate surface area is 183 Å². The van der Waals surface area contributed by atoms with E-state index < -0.39 is 0 Å². The van der Waals surface area contributed by atoms with Crippen molar-refractivity contribution in [1.82, 2.24) is 9.88 Å². The number of nitrogens with zero attached hydrogens (tertiary/aromatic N) is 2. The van der Waals surface area contributed by atoms with Crippen molar-refractivity contribution in [3.05, 3.63) is 60.3 Å². The lowest BCUT2D eigenvalue weighted by Gasteiger charge is -2.33. The molecule has 160 valence electrons. The van der Waals surface area contributed by atoms with E-state index in [1.54, 1.807) is 0 Å². The van der Waals surface area contributed by atoms with E-state index in [4.69, 9.17) is 9.47 Å². The van der Waals surface area contributed by atoms with Crippen LogP contribution in [0.5, 0.6) is 5.75 Å². The first kappa shape index (κ1) is 20.0. The van der Waals surface area contributed by atoms with E-state index in [1.807, 2.05) is 29.3 Å². The van der Waals surface area contributed by atoms with Crippen LogP contribution >= 0.6 is 0 Å². The number of benzene rings is 2. The summed E-state index contributed by atoms with van der Waals surface area (Å²) in [5.41, 5.74) is 4.56. The van der Waals surface area contributed by atoms with Gasteiger partial charge in [-0.2, -0.15) is 0 Å². The van der Waals surface area contributed by atoms with Crippen molar-refractivity contribution in [2.75, 3.05) is 19.7 Å². The monoisotopic (exact) mass is 416 g/mol. The molecule has 2 aromatic carbocycles. The Morgan fingerprint density at radius 2 is 1.90 bits per heavy atom. The number of likely N-dealkylation sites (tertiary alicyclic amines) is 1. The van der Waals surface area contributed by atoms with Crippen LogP contribution in [0.15, 0.2) is 54.7 Å². The van der Waals surface area contributed by atoms with Gasteiger partial charge in [0.15, 0.2) is 0 Å². The smallest absolute Gasteiger partial charge is 0.251 e. The number of piperidine rings is 1. The summed E-state index contributed by atoms with van der Waals surface area (Å²) in [6.07, 6.45) is 5.31. The highest BCUT2D eigenvalue weighted by Crippen LogP contribution is 2.31. The SMILES string of the molecule is Cc1cc(-c2ccc(OC3CCN(C(=O)C4CCCO4)CC3)cc2)c2cccnc2c1. The fourth-order valence-corrected chi connectivity index (χ4v) is 4.64. The molecular formula is C26H28N2O3. The highest BCUT2D eigenvalue weighted by Gasteiger charge is 2.31. The van der Waals surface area contributed by atoms with Gasteiger partial charge in [-0.3, -0.25) is 9.78 Å². The van der Waals surface area contributed by atoms with E-state index in [9.17, 15) is 4.79 Å². The lowest BCUT2D eigenvalue weighted by molar-refractivity contribution is -0.142. The zero-order valence-electron chi connectivity index (χ0n) is 17.9. The van der Waals surface area contributed by atoms with Gasteiger partial charge in [0.25, 0.3) is 5.91 Å². The highest BCUT2D eigenvalue weighted by molar-refractivity contribution is 5.95. The number of rotatable bonds is 4. The van der Waals surface area contributed by atoms with Crippen molar-refractivity contribution in [2.24, 2.45) is 0 Å². The topological polar surface area (TPSA) is 51.7 Å². The normalized spacial score (nSPS) is 19.6. The number of aryl methyl sites for hydroxylation is 1. The Kier molecular flexibility index (Phi) is 5.60. The third-order valence-electron chi connectivity index (χ3n) is 6.29. The first-order valence-electron chi connectivity index (χ1n) is 11.2. The first-order chi connectivity index (χ1) is 15.2. The molecule has 5 nitrogen and oxygen atoms in total. The van der Waals surface area contributed by atoms with Crippen LogP contribution in [0.3, 0.4) is 0 Å². The predicted molar refractivity (Wildman–Crippen MR) is 121 cm³/mol. The molecule has 0 aliphatic carbocycles. The van der Waals surface area contributed by atoms with E-state index in [0.717, 1.165) is 61.0 Å². The number of fused-ring (bicyclic) bond motifs is 1. The number of hydrogen-bond donors (Lipinski definition) is 0. The number of pyridine rings is 1. The lowest BCUT2D eigenvalue weighted by atomic mass is 9.98. The van der Waals surface area contributed by atoms with Gasteiger partial charge in [-0.1, -0.05) is 24.3 Å². The van der Waals surface area contributed by atoms with Crippen molar-refractivity contribution in [3.63, 3.8) is 0 Å². The van der Waals surface area contributed by atoms with Gasteiger partial charge in [0.1, 0.15) is 18.0 Å². The lowest BCUT2D eigenvalue weighted by Crippen LogP contribution is -2.45. The second-order valence-corrected chi connectivity index (χ2v) is 8.55. The minimum absolute atomic E-state index is 0.142. The Hall–Kier alpha value is -2.92. The van der Waals surface area contributed by atoms with Crippen LogP contribution in [0.4, 0.5) is 0 Å². The summed E-state index contributed by atoms with van der Waals surface area (Å²) in [6, 6.07) is 16.8. The average Bonchev–Trinajstić information content (AvgIpc) is 3.34. The van der Waals surface area contributed by atoms with E-state index >= 15 is 0 Å². The zero-order chi connectivity index (χ0) is 21.2. The third-order valence-corrected chi connectivity index (χ3v) is 6.29. The fourth-order valence-electron chi connectivity index (χ4n) is 4.64. The molecule has 0 radical (unpaired) electrons. The molecule has 5 rings (SSSR count). The molecule has 0 N–H and O–H groups in total. The van der Waals surface area contributed by atoms with Gasteiger partial charge in [0, 0.05) is 44.1 Å². The average molecular weight is 417 g/mol. The molecular weight excluding hydrogens is 388 g/mol. The second kappa shape index (κ2) is 8.67. The van der Waals surface area contributed by atoms with Crippen LogP contribution < -0.4 is 4.74 Å². The molecule has 2 fully saturated rings. The van der Waals surface area contributed by atoms with Crippen molar-refractivity contribution >= 4 is 16.8 Å². The Morgan fingerprint density at radius 3 is 2.65 bits per heavy atom. The molecule has 2 saturated heterocycles. The molecule has 1 aromatic heterocycles. The van der Waals surface area contributed by atoms with E-state index in [0.29, 0.717) is 6.61 Å². The molecule has 2 aliphatic rings. The highest BCUT2D eigenvalue weighted by atomic mass is 16.5. The van der Waals surface area contributed by atoms with Gasteiger partial charge in [0.2, 0.25) is 0 Å². The number of carbonyl (C=O) groups is 1. The van der Waals surface area contributed by atoms with E-state index in [1.165, 1.54) is 11.1 Å². The first-order valence-corrected chi connectivity index (χ1v) is 11.2. The van der Waals surface area contributed by atoms with Crippen LogP contribution in [0.2, 0.25) is 0 Å². The maximum absolute atomic E-state index is 12.5. The van der Waals surface area contributed by atoms with Crippen LogP contribution in [-0.4, -0.2) is 47.7 Å². The van der Waals surface area contributed by atoms with Crippen molar-refractivity contribution in [2.45, 2.75) is 44.8 Å². The largest absolute Gasteiger partial charge is 0.490 e. The fraction of sp³-hybridized carbons (Fsp3) is 0.385. The second-order valence-electron chi connectivity index (χ2n) is 8.55. The van der Waals surface area contributed by atoms with Gasteiger partial charge in [-0.15, -0.1) is 0 Å². The molecule has 31 heavy (non-hydrogen) atoms. The quantitative estimate of drug-likeness (QED) is 0.615. The molecule has 1 amide bonds. The summed E-state index contributed by atoms with van der Waals surface area (Å²) in [7, 11) is 0. The third kappa shape index (κ3) is 4.28. The molecule has 0 saturated carbocycles. The summed E-state index contributed by atoms with van der Waals surface area (Å²) >= 11 is 0. The van der Waals surface area contributed by atoms with Gasteiger partial charge < -0.3 is 14.4 Å². The molecule has 2 aliphatic heterocycles. The molecule has 3 heterocycles. The van der Waals surface area contributed by atoms with Crippen LogP contribution in [0.25, 0.3) is 22.0 Å². The van der Waals surface area contributed by atoms with Crippen LogP contribution in [0.1, 0.15) is 31.2 Å². The van der Waals surface area contributed by atoms with Gasteiger partial charge in [-0.05, 0) is 60.7 Å². The van der Waals surface area contributed by atoms with E-state index in [2.05, 4.69) is 42.2 Å². The Bertz CT molecular complexity index is 1070. The summed E-state index contributed by atoms with van der Waals surface area (Å²) in [4.78, 5) is 19.0. The standard InChI is InChI=1S/C26H28N2O3/c1-18-16-23(22-4-2-12-27-24(22)17-18)19-6-8-20(9-7-19)31-21-10-13-28(14-11-21)26(29)25-5-3-15-30-25/h2,4,6-9,12,16-17,21,25H,3,5,10-11,13-15H2,1H3. The van der Waals surface area contributed by atoms with Gasteiger partial charge in [0.05, 0.1) is 5.52 Å². The van der Waals surface area contributed by atoms with Gasteiger partial charge in [-0.25, -0.2) is 0 Å². The van der Waals surface area contributed by atoms with Crippen molar-refractivity contribution < 1.29 is 14.3 Å². The molecule has 1 atom stereocenters. The Balaban J connectivity index is 1.23. The van der Waals surface area contributed by atoms with Crippen molar-refractivity contribution in [1.29, 1.82) is 0 Å². The number of aromatic nitrogens is 1. The molecule has 1 unspecified atom stereocenters. The summed E-state index contributed by atoms with van der Waals surface area (Å²) in [6.45, 7) is 4.29. The molecule has 3 aromatic rings. The minimum atomic E-state index is -0.224. The summed E-state index contributed by atoms with van der Waals surface area (Å²) < 4.78 is 11.8. The number of carbonyl (C=O) groups excluding carboxylic acids is 1. The molecule has 5 heteroatoms. The maximum Gasteiger partial charge on any atom is 0.251 e. The zero-order valence-corrected chi connectivity index (χ0v) is 17.9. The molecule has 0 spiro atoms. The Morgan fingerprint density at radius 1 is 1.10 bits per heavy atom. The summed E-state index contributed by atoms with van der Waals surface area (Å²) in [5, 5.41) is 1.16. The minimum Gasteiger partial charge on any atom is -0.490 e. The maximum atomic E-state index is 12.5. The van der Waals surface area contributed by atoms with Crippen LogP contribution in [-0.2, 0) is 9.53 Å². The number of amides is 1. The summed E-state index contributed by atoms with van der Waals surface area (Å²) in [5.74, 6) is 1.03. The van der Waals surface area contributed by atoms with Crippen molar-refractivity contribution in [3.8, 4) is 16.9 Å². The molecule has 0 bridgehead atoms. The van der Waals surface area contributed by atoms with E-state index in [-0.39, 0.29) is 18.1 Å². The number of ether oxygens (including phenoxy) is 2.